The zero-order valence-corrected chi connectivity index (χ0v) is 30.7. The lowest BCUT2D eigenvalue weighted by molar-refractivity contribution is -0.137. The Balaban J connectivity index is 0. The normalized spacial score (nSPS) is 12.5. The highest BCUT2D eigenvalue weighted by Crippen LogP contribution is 2.20. The fourth-order valence-electron chi connectivity index (χ4n) is 3.97. The first-order chi connectivity index (χ1) is 22.1. The summed E-state index contributed by atoms with van der Waals surface area (Å²) < 4.78 is 11.6. The maximum Gasteiger partial charge on any atom is 0.242 e. The average Bonchev–Trinajstić information content (AvgIpc) is 3.00. The maximum absolute atomic E-state index is 13.2. The lowest BCUT2D eigenvalue weighted by Gasteiger charge is -2.30. The van der Waals surface area contributed by atoms with Crippen LogP contribution in [0.3, 0.4) is 0 Å². The summed E-state index contributed by atoms with van der Waals surface area (Å²) in [5.41, 5.74) is 11.9. The van der Waals surface area contributed by atoms with Crippen molar-refractivity contribution in [3.63, 3.8) is 0 Å². The lowest BCUT2D eigenvalue weighted by atomic mass is 9.92. The topological polar surface area (TPSA) is 208 Å². The minimum atomic E-state index is -0.805. The van der Waals surface area contributed by atoms with Gasteiger partial charge < -0.3 is 51.8 Å². The van der Waals surface area contributed by atoms with E-state index in [1.165, 1.54) is 7.11 Å². The van der Waals surface area contributed by atoms with Gasteiger partial charge in [0.05, 0.1) is 39.0 Å². The van der Waals surface area contributed by atoms with Gasteiger partial charge in [-0.3, -0.25) is 14.4 Å². The van der Waals surface area contributed by atoms with Crippen molar-refractivity contribution in [2.75, 3.05) is 79.9 Å². The summed E-state index contributed by atoms with van der Waals surface area (Å²) in [4.78, 5) is 52.4. The Bertz CT molecular complexity index is 842. The molecular weight excluding hydrogens is 606 g/mol. The number of unbranched alkanes of at least 4 members (excludes halogenated alkanes) is 3. The zero-order valence-electron chi connectivity index (χ0n) is 30.7. The first-order valence-corrected chi connectivity index (χ1v) is 16.9. The molecule has 14 heteroatoms. The zero-order chi connectivity index (χ0) is 36.2. The molecule has 0 bridgehead atoms. The molecular formula is C33H69N7O7. The number of carbonyl (C=O) groups excluding carboxylic acids is 4. The van der Waals surface area contributed by atoms with Gasteiger partial charge in [-0.1, -0.05) is 27.7 Å². The molecule has 278 valence electrons. The van der Waals surface area contributed by atoms with Gasteiger partial charge in [0.25, 0.3) is 0 Å². The Hall–Kier alpha value is -2.20. The number of carbonyl (C=O) groups is 4. The van der Waals surface area contributed by atoms with E-state index in [9.17, 15) is 19.2 Å². The quantitative estimate of drug-likeness (QED) is 0.0354. The molecule has 0 saturated carbocycles. The summed E-state index contributed by atoms with van der Waals surface area (Å²) in [5.74, 6) is -0.513. The Morgan fingerprint density at radius 3 is 2.00 bits per heavy atom. The summed E-state index contributed by atoms with van der Waals surface area (Å²) in [7, 11) is 3.42. The monoisotopic (exact) mass is 676 g/mol. The van der Waals surface area contributed by atoms with Crippen molar-refractivity contribution in [1.82, 2.24) is 26.7 Å². The largest absolute Gasteiger partial charge is 0.380 e. The molecule has 0 aliphatic carbocycles. The van der Waals surface area contributed by atoms with E-state index in [0.29, 0.717) is 71.8 Å². The minimum absolute atomic E-state index is 0.0680. The smallest absolute Gasteiger partial charge is 0.242 e. The summed E-state index contributed by atoms with van der Waals surface area (Å²) in [5, 5.41) is 12.0. The van der Waals surface area contributed by atoms with Crippen LogP contribution in [0.15, 0.2) is 0 Å². The van der Waals surface area contributed by atoms with E-state index in [1.54, 1.807) is 13.8 Å². The van der Waals surface area contributed by atoms with Gasteiger partial charge in [-0.15, -0.1) is 0 Å². The molecule has 3 amide bonds. The van der Waals surface area contributed by atoms with Crippen molar-refractivity contribution in [1.29, 1.82) is 0 Å². The number of ether oxygens (including phenoxy) is 2. The summed E-state index contributed by atoms with van der Waals surface area (Å²) in [6.07, 6.45) is 6.04. The number of rotatable bonds is 28. The summed E-state index contributed by atoms with van der Waals surface area (Å²) >= 11 is 0. The predicted molar refractivity (Wildman–Crippen MR) is 186 cm³/mol. The third-order valence-corrected chi connectivity index (χ3v) is 7.00. The van der Waals surface area contributed by atoms with E-state index in [1.807, 2.05) is 34.7 Å². The van der Waals surface area contributed by atoms with Crippen LogP contribution < -0.4 is 38.2 Å². The van der Waals surface area contributed by atoms with Crippen LogP contribution in [0.5, 0.6) is 0 Å². The van der Waals surface area contributed by atoms with Crippen LogP contribution in [0.2, 0.25) is 0 Å². The van der Waals surface area contributed by atoms with Crippen molar-refractivity contribution in [2.45, 2.75) is 92.5 Å². The second kappa shape index (κ2) is 27.7. The predicted octanol–water partition coefficient (Wildman–Crippen LogP) is 1.02. The number of hydrogen-bond donors (Lipinski definition) is 7. The molecule has 0 aromatic heterocycles. The molecule has 0 spiro atoms. The van der Waals surface area contributed by atoms with Gasteiger partial charge in [0, 0.05) is 49.9 Å². The van der Waals surface area contributed by atoms with Crippen LogP contribution in [0.1, 0.15) is 86.5 Å². The van der Waals surface area contributed by atoms with E-state index in [0.717, 1.165) is 38.5 Å². The fraction of sp³-hybridized carbons (Fsp3) is 0.879. The van der Waals surface area contributed by atoms with Gasteiger partial charge in [0.15, 0.2) is 0 Å². The molecule has 0 fully saturated rings. The highest BCUT2D eigenvalue weighted by atomic mass is 16.6. The molecule has 0 aliphatic rings. The van der Waals surface area contributed by atoms with E-state index in [-0.39, 0.29) is 35.2 Å². The highest BCUT2D eigenvalue weighted by Gasteiger charge is 2.32. The van der Waals surface area contributed by atoms with Crippen LogP contribution in [0, 0.1) is 16.2 Å². The van der Waals surface area contributed by atoms with Crippen molar-refractivity contribution in [3.8, 4) is 0 Å². The Labute approximate surface area is 284 Å². The maximum atomic E-state index is 13.2. The van der Waals surface area contributed by atoms with Crippen molar-refractivity contribution < 1.29 is 33.5 Å². The van der Waals surface area contributed by atoms with Crippen LogP contribution in [0.4, 0.5) is 0 Å². The molecule has 0 rings (SSSR count). The van der Waals surface area contributed by atoms with E-state index in [4.69, 9.17) is 25.8 Å². The third-order valence-electron chi connectivity index (χ3n) is 7.00. The highest BCUT2D eigenvalue weighted by molar-refractivity contribution is 5.89. The van der Waals surface area contributed by atoms with E-state index >= 15 is 0 Å². The number of amides is 3. The van der Waals surface area contributed by atoms with Crippen molar-refractivity contribution in [2.24, 2.45) is 27.7 Å². The first-order valence-electron chi connectivity index (χ1n) is 16.9. The number of nitrogens with one attached hydrogen (secondary N) is 5. The number of nitrogens with two attached hydrogens (primary N) is 2. The minimum Gasteiger partial charge on any atom is -0.380 e. The molecule has 1 unspecified atom stereocenters. The van der Waals surface area contributed by atoms with Gasteiger partial charge in [0.1, 0.15) is 12.3 Å². The second-order valence-corrected chi connectivity index (χ2v) is 14.0. The van der Waals surface area contributed by atoms with Crippen LogP contribution in [-0.2, 0) is 33.5 Å². The van der Waals surface area contributed by atoms with Crippen molar-refractivity contribution >= 4 is 24.0 Å². The van der Waals surface area contributed by atoms with Crippen LogP contribution in [0.25, 0.3) is 0 Å². The van der Waals surface area contributed by atoms with Crippen LogP contribution >= 0.6 is 0 Å². The molecule has 0 heterocycles. The number of hydrogen-bond acceptors (Lipinski definition) is 11. The molecule has 0 aliphatic heterocycles. The van der Waals surface area contributed by atoms with Gasteiger partial charge in [-0.25, -0.2) is 5.48 Å². The van der Waals surface area contributed by atoms with Crippen molar-refractivity contribution in [3.05, 3.63) is 0 Å². The molecule has 0 radical (unpaired) electrons. The Morgan fingerprint density at radius 2 is 1.45 bits per heavy atom. The standard InChI is InChI=1S/C28H58N6O6.C5H11NO/c1-26(2,17-31-23(35)12-13-29)19-40-20-27(3,4)18-32-24(36)22(11-9-10-14-30-7)34-25(37)28(5,6)21-39-16-15-33-38-8;6-4-2-1-3-5-7/h22,30,33H,9-21,29H2,1-8H3,(H,31,35)(H,32,36)(H,34,37);5H,1-4,6H2. The SMILES string of the molecule is CNCCCCC(NC(=O)C(C)(C)COCCNOC)C(=O)NCC(C)(C)COCC(C)(C)CNC(=O)CCN.NCCCCC=O. The number of aldehydes is 1. The van der Waals surface area contributed by atoms with Gasteiger partial charge >= 0.3 is 0 Å². The molecule has 1 atom stereocenters. The number of hydroxylamine groups is 1. The van der Waals surface area contributed by atoms with Gasteiger partial charge in [0.2, 0.25) is 17.7 Å². The third kappa shape index (κ3) is 27.5. The Kier molecular flexibility index (Phi) is 27.7. The molecule has 14 nitrogen and oxygen atoms in total. The molecule has 0 aromatic carbocycles. The molecule has 0 aromatic rings. The lowest BCUT2D eigenvalue weighted by Crippen LogP contribution is -2.52. The first kappa shape index (κ1) is 46.9. The molecule has 9 N–H and O–H groups in total. The average molecular weight is 676 g/mol. The fourth-order valence-corrected chi connectivity index (χ4v) is 3.97. The Morgan fingerprint density at radius 1 is 0.809 bits per heavy atom. The summed E-state index contributed by atoms with van der Waals surface area (Å²) in [6.45, 7) is 16.4. The van der Waals surface area contributed by atoms with E-state index < -0.39 is 11.5 Å². The van der Waals surface area contributed by atoms with E-state index in [2.05, 4.69) is 26.7 Å². The van der Waals surface area contributed by atoms with Gasteiger partial charge in [-0.2, -0.15) is 0 Å². The molecule has 47 heavy (non-hydrogen) atoms. The molecule has 0 saturated heterocycles. The summed E-state index contributed by atoms with van der Waals surface area (Å²) in [6, 6.07) is -0.647. The second-order valence-electron chi connectivity index (χ2n) is 14.0. The van der Waals surface area contributed by atoms with Gasteiger partial charge in [-0.05, 0) is 66.1 Å². The van der Waals surface area contributed by atoms with Crippen LogP contribution in [-0.4, -0.2) is 110 Å².